The normalized spacial score (nSPS) is 28.3. The summed E-state index contributed by atoms with van der Waals surface area (Å²) in [5, 5.41) is 10.7. The third kappa shape index (κ3) is 3.40. The highest BCUT2D eigenvalue weighted by Gasteiger charge is 2.54. The molecule has 1 heterocycles. The highest BCUT2D eigenvalue weighted by molar-refractivity contribution is 5.76. The summed E-state index contributed by atoms with van der Waals surface area (Å²) in [5.41, 5.74) is 1.59. The molecule has 0 bridgehead atoms. The van der Waals surface area contributed by atoms with Crippen LogP contribution in [0.4, 0.5) is 0 Å². The van der Waals surface area contributed by atoms with Crippen molar-refractivity contribution in [1.29, 1.82) is 0 Å². The highest BCUT2D eigenvalue weighted by Crippen LogP contribution is 2.50. The fourth-order valence-electron chi connectivity index (χ4n) is 4.42. The summed E-state index contributed by atoms with van der Waals surface area (Å²) in [7, 11) is 1.64. The number of benzene rings is 1. The number of cyclic esters (lactones) is 1. The topological polar surface area (TPSA) is 65.0 Å². The van der Waals surface area contributed by atoms with Crippen LogP contribution in [0.5, 0.6) is 5.75 Å². The number of methoxy groups -OCH3 is 1. The lowest BCUT2D eigenvalue weighted by Crippen LogP contribution is -2.57. The Morgan fingerprint density at radius 2 is 1.84 bits per heavy atom. The van der Waals surface area contributed by atoms with Gasteiger partial charge in [0.15, 0.2) is 6.29 Å². The van der Waals surface area contributed by atoms with Gasteiger partial charge in [-0.15, -0.1) is 0 Å². The molecular formula is C20H28O5. The third-order valence-electron chi connectivity index (χ3n) is 5.49. The predicted molar refractivity (Wildman–Crippen MR) is 93.2 cm³/mol. The molecular weight excluding hydrogens is 320 g/mol. The highest BCUT2D eigenvalue weighted by atomic mass is 16.8. The zero-order chi connectivity index (χ0) is 18.2. The van der Waals surface area contributed by atoms with Crippen LogP contribution in [0.3, 0.4) is 0 Å². The van der Waals surface area contributed by atoms with E-state index in [2.05, 4.69) is 6.07 Å². The first-order chi connectivity index (χ1) is 11.8. The summed E-state index contributed by atoms with van der Waals surface area (Å²) in [6.45, 7) is 5.30. The summed E-state index contributed by atoms with van der Waals surface area (Å²) < 4.78 is 16.6. The smallest absolute Gasteiger partial charge is 0.317 e. The summed E-state index contributed by atoms with van der Waals surface area (Å²) in [6.07, 6.45) is 3.61. The molecule has 1 aliphatic heterocycles. The van der Waals surface area contributed by atoms with E-state index >= 15 is 0 Å². The van der Waals surface area contributed by atoms with E-state index in [1.54, 1.807) is 21.0 Å². The average Bonchev–Trinajstić information content (AvgIpc) is 2.53. The van der Waals surface area contributed by atoms with Gasteiger partial charge in [0.2, 0.25) is 5.79 Å². The molecule has 2 unspecified atom stereocenters. The Balaban J connectivity index is 2.08. The van der Waals surface area contributed by atoms with E-state index in [0.717, 1.165) is 49.0 Å². The minimum Gasteiger partial charge on any atom is -0.497 e. The van der Waals surface area contributed by atoms with Gasteiger partial charge in [0.25, 0.3) is 0 Å². The molecule has 0 amide bonds. The first kappa shape index (κ1) is 18.2. The monoisotopic (exact) mass is 348 g/mol. The van der Waals surface area contributed by atoms with Crippen LogP contribution >= 0.6 is 0 Å². The Labute approximate surface area is 149 Å². The maximum absolute atomic E-state index is 12.8. The van der Waals surface area contributed by atoms with Crippen LogP contribution in [0.1, 0.15) is 57.1 Å². The van der Waals surface area contributed by atoms with Crippen LogP contribution in [0.15, 0.2) is 18.2 Å². The third-order valence-corrected chi connectivity index (χ3v) is 5.49. The summed E-state index contributed by atoms with van der Waals surface area (Å²) in [6, 6.07) is 6.04. The molecule has 1 aromatic rings. The molecule has 2 fully saturated rings. The fourth-order valence-corrected chi connectivity index (χ4v) is 4.42. The fraction of sp³-hybridized carbons (Fsp3) is 0.650. The van der Waals surface area contributed by atoms with Crippen LogP contribution < -0.4 is 4.74 Å². The van der Waals surface area contributed by atoms with Crippen molar-refractivity contribution in [2.24, 2.45) is 5.92 Å². The van der Waals surface area contributed by atoms with Crippen molar-refractivity contribution in [2.45, 2.75) is 70.4 Å². The van der Waals surface area contributed by atoms with E-state index in [-0.39, 0.29) is 5.97 Å². The van der Waals surface area contributed by atoms with Crippen molar-refractivity contribution in [2.75, 3.05) is 7.11 Å². The van der Waals surface area contributed by atoms with Gasteiger partial charge >= 0.3 is 5.97 Å². The minimum atomic E-state index is -1.18. The molecule has 138 valence electrons. The van der Waals surface area contributed by atoms with Gasteiger partial charge < -0.3 is 19.3 Å². The number of esters is 1. The number of carbonyl (C=O) groups is 1. The lowest BCUT2D eigenvalue weighted by Gasteiger charge is -2.48. The predicted octanol–water partition coefficient (Wildman–Crippen LogP) is 3.45. The molecule has 25 heavy (non-hydrogen) atoms. The number of hydrogen-bond acceptors (Lipinski definition) is 5. The van der Waals surface area contributed by atoms with E-state index in [0.29, 0.717) is 0 Å². The SMILES string of the molecule is COc1cc(C)cc(C2(C3C(=O)OC(C)(C)OC3O)CCCCC2)c1. The zero-order valence-electron chi connectivity index (χ0n) is 15.5. The Hall–Kier alpha value is -1.59. The first-order valence-electron chi connectivity index (χ1n) is 9.02. The lowest BCUT2D eigenvalue weighted by molar-refractivity contribution is -0.322. The molecule has 2 aliphatic rings. The molecule has 5 nitrogen and oxygen atoms in total. The Morgan fingerprint density at radius 3 is 2.44 bits per heavy atom. The molecule has 0 spiro atoms. The largest absolute Gasteiger partial charge is 0.497 e. The van der Waals surface area contributed by atoms with Crippen LogP contribution in [0.2, 0.25) is 0 Å². The number of ether oxygens (including phenoxy) is 3. The quantitative estimate of drug-likeness (QED) is 0.848. The van der Waals surface area contributed by atoms with E-state index < -0.39 is 23.4 Å². The van der Waals surface area contributed by atoms with E-state index in [1.165, 1.54) is 0 Å². The number of aryl methyl sites for hydroxylation is 1. The van der Waals surface area contributed by atoms with Gasteiger partial charge in [-0.05, 0) is 43.0 Å². The van der Waals surface area contributed by atoms with Crippen molar-refractivity contribution in [3.8, 4) is 5.75 Å². The molecule has 2 atom stereocenters. The van der Waals surface area contributed by atoms with Gasteiger partial charge in [-0.3, -0.25) is 4.79 Å². The Bertz CT molecular complexity index is 645. The second kappa shape index (κ2) is 6.61. The van der Waals surface area contributed by atoms with Crippen LogP contribution in [-0.2, 0) is 19.7 Å². The van der Waals surface area contributed by atoms with Crippen molar-refractivity contribution < 1.29 is 24.1 Å². The van der Waals surface area contributed by atoms with E-state index in [1.807, 2.05) is 19.1 Å². The molecule has 1 N–H and O–H groups in total. The molecule has 1 saturated carbocycles. The van der Waals surface area contributed by atoms with Crippen LogP contribution in [0, 0.1) is 12.8 Å². The van der Waals surface area contributed by atoms with Crippen molar-refractivity contribution in [3.63, 3.8) is 0 Å². The van der Waals surface area contributed by atoms with Crippen LogP contribution in [0.25, 0.3) is 0 Å². The van der Waals surface area contributed by atoms with Crippen molar-refractivity contribution in [3.05, 3.63) is 29.3 Å². The average molecular weight is 348 g/mol. The summed E-state index contributed by atoms with van der Waals surface area (Å²) in [4.78, 5) is 12.8. The molecule has 1 aromatic carbocycles. The second-order valence-electron chi connectivity index (χ2n) is 7.76. The van der Waals surface area contributed by atoms with E-state index in [9.17, 15) is 9.90 Å². The number of aliphatic hydroxyl groups is 1. The van der Waals surface area contributed by atoms with E-state index in [4.69, 9.17) is 14.2 Å². The lowest BCUT2D eigenvalue weighted by atomic mass is 9.61. The van der Waals surface area contributed by atoms with Crippen molar-refractivity contribution in [1.82, 2.24) is 0 Å². The summed E-state index contributed by atoms with van der Waals surface area (Å²) >= 11 is 0. The second-order valence-corrected chi connectivity index (χ2v) is 7.76. The molecule has 1 saturated heterocycles. The van der Waals surface area contributed by atoms with Gasteiger partial charge in [0.05, 0.1) is 7.11 Å². The van der Waals surface area contributed by atoms with Crippen LogP contribution in [-0.4, -0.2) is 30.3 Å². The van der Waals surface area contributed by atoms with Gasteiger partial charge in [-0.25, -0.2) is 0 Å². The Kier molecular flexibility index (Phi) is 4.82. The van der Waals surface area contributed by atoms with Gasteiger partial charge in [0.1, 0.15) is 11.7 Å². The number of aliphatic hydroxyl groups excluding tert-OH is 1. The van der Waals surface area contributed by atoms with Crippen molar-refractivity contribution >= 4 is 5.97 Å². The Morgan fingerprint density at radius 1 is 1.16 bits per heavy atom. The molecule has 1 aliphatic carbocycles. The van der Waals surface area contributed by atoms with Gasteiger partial charge in [-0.1, -0.05) is 25.3 Å². The summed E-state index contributed by atoms with van der Waals surface area (Å²) in [5.74, 6) is -1.45. The molecule has 3 rings (SSSR count). The van der Waals surface area contributed by atoms with Gasteiger partial charge in [0, 0.05) is 19.3 Å². The van der Waals surface area contributed by atoms with Gasteiger partial charge in [-0.2, -0.15) is 0 Å². The molecule has 0 radical (unpaired) electrons. The minimum absolute atomic E-state index is 0.383. The molecule has 0 aromatic heterocycles. The number of rotatable bonds is 3. The number of hydrogen-bond donors (Lipinski definition) is 1. The standard InChI is InChI=1S/C20H28O5/c1-13-10-14(12-15(11-13)23-4)20(8-6-5-7-9-20)16-17(21)24-19(2,3)25-18(16)22/h10-12,16-17,21H,5-9H2,1-4H3. The number of carbonyl (C=O) groups excluding carboxylic acids is 1. The zero-order valence-corrected chi connectivity index (χ0v) is 15.5. The maximum atomic E-state index is 12.8. The molecule has 5 heteroatoms. The first-order valence-corrected chi connectivity index (χ1v) is 9.02. The maximum Gasteiger partial charge on any atom is 0.317 e.